The number of aromatic nitrogens is 1. The fourth-order valence-electron chi connectivity index (χ4n) is 2.40. The molecule has 6 heteroatoms. The highest BCUT2D eigenvalue weighted by molar-refractivity contribution is 5.94. The highest BCUT2D eigenvalue weighted by Gasteiger charge is 2.29. The molecule has 25 heavy (non-hydrogen) atoms. The minimum absolute atomic E-state index is 0.0516. The molecule has 2 aliphatic rings. The van der Waals surface area contributed by atoms with E-state index in [0.717, 1.165) is 18.7 Å². The Morgan fingerprint density at radius 3 is 2.36 bits per heavy atom. The summed E-state index contributed by atoms with van der Waals surface area (Å²) < 4.78 is 5.34. The molecule has 6 nitrogen and oxygen atoms in total. The summed E-state index contributed by atoms with van der Waals surface area (Å²) in [5, 5.41) is 6.11. The molecule has 1 amide bonds. The van der Waals surface area contributed by atoms with Crippen molar-refractivity contribution in [2.75, 3.05) is 10.6 Å². The molecule has 0 unspecified atom stereocenters. The summed E-state index contributed by atoms with van der Waals surface area (Å²) in [4.78, 5) is 28.1. The molecule has 0 aliphatic heterocycles. The number of amides is 1. The number of benzene rings is 1. The molecule has 2 aliphatic carbocycles. The molecule has 1 aromatic heterocycles. The number of carbonyl (C=O) groups excluding carboxylic acids is 2. The number of hydrogen-bond acceptors (Lipinski definition) is 5. The van der Waals surface area contributed by atoms with Crippen LogP contribution in [0.3, 0.4) is 0 Å². The Labute approximate surface area is 145 Å². The van der Waals surface area contributed by atoms with Crippen molar-refractivity contribution < 1.29 is 14.3 Å². The van der Waals surface area contributed by atoms with Crippen LogP contribution in [0.2, 0.25) is 0 Å². The highest BCUT2D eigenvalue weighted by Crippen LogP contribution is 2.30. The monoisotopic (exact) mass is 337 g/mol. The van der Waals surface area contributed by atoms with Gasteiger partial charge in [-0.25, -0.2) is 9.78 Å². The number of esters is 1. The second kappa shape index (κ2) is 6.55. The zero-order chi connectivity index (χ0) is 17.2. The molecule has 2 fully saturated rings. The van der Waals surface area contributed by atoms with Crippen LogP contribution < -0.4 is 15.4 Å². The summed E-state index contributed by atoms with van der Waals surface area (Å²) in [6, 6.07) is 10.8. The number of pyridine rings is 1. The largest absolute Gasteiger partial charge is 0.423 e. The van der Waals surface area contributed by atoms with Crippen molar-refractivity contribution in [3.63, 3.8) is 0 Å². The normalized spacial score (nSPS) is 16.2. The van der Waals surface area contributed by atoms with Gasteiger partial charge in [0.25, 0.3) is 0 Å². The molecule has 1 heterocycles. The van der Waals surface area contributed by atoms with E-state index in [1.807, 2.05) is 0 Å². The van der Waals surface area contributed by atoms with Crippen LogP contribution in [0.5, 0.6) is 5.75 Å². The van der Waals surface area contributed by atoms with Gasteiger partial charge in [-0.2, -0.15) is 0 Å². The van der Waals surface area contributed by atoms with Crippen LogP contribution in [0, 0.1) is 5.92 Å². The fourth-order valence-corrected chi connectivity index (χ4v) is 2.40. The third-order valence-corrected chi connectivity index (χ3v) is 4.21. The number of nitrogens with one attached hydrogen (secondary N) is 2. The van der Waals surface area contributed by atoms with Crippen LogP contribution in [-0.4, -0.2) is 22.9 Å². The van der Waals surface area contributed by atoms with Crippen LogP contribution in [0.4, 0.5) is 11.5 Å². The minimum atomic E-state index is -0.458. The Hall–Kier alpha value is -2.89. The van der Waals surface area contributed by atoms with Gasteiger partial charge in [-0.1, -0.05) is 0 Å². The van der Waals surface area contributed by atoms with Crippen molar-refractivity contribution >= 4 is 23.4 Å². The first-order chi connectivity index (χ1) is 12.2. The van der Waals surface area contributed by atoms with Gasteiger partial charge < -0.3 is 15.4 Å². The molecule has 0 spiro atoms. The molecule has 0 bridgehead atoms. The summed E-state index contributed by atoms with van der Waals surface area (Å²) >= 11 is 0. The summed E-state index contributed by atoms with van der Waals surface area (Å²) in [5.41, 5.74) is 1.10. The van der Waals surface area contributed by atoms with Crippen molar-refractivity contribution in [3.05, 3.63) is 48.2 Å². The van der Waals surface area contributed by atoms with Gasteiger partial charge in [0.05, 0.1) is 5.56 Å². The summed E-state index contributed by atoms with van der Waals surface area (Å²) in [6.45, 7) is 0. The van der Waals surface area contributed by atoms with E-state index in [-0.39, 0.29) is 11.8 Å². The fraction of sp³-hybridized carbons (Fsp3) is 0.316. The van der Waals surface area contributed by atoms with Gasteiger partial charge in [0.15, 0.2) is 0 Å². The summed E-state index contributed by atoms with van der Waals surface area (Å²) in [7, 11) is 0. The predicted molar refractivity (Wildman–Crippen MR) is 93.6 cm³/mol. The molecule has 4 rings (SSSR count). The number of carbonyl (C=O) groups is 2. The zero-order valence-corrected chi connectivity index (χ0v) is 13.7. The SMILES string of the molecule is O=C(Oc1ccc(NC(=O)C2CC2)cc1)c1ccc(NC2CC2)nc1. The number of anilines is 2. The lowest BCUT2D eigenvalue weighted by atomic mass is 10.2. The van der Waals surface area contributed by atoms with Gasteiger partial charge >= 0.3 is 5.97 Å². The molecule has 1 aromatic carbocycles. The van der Waals surface area contributed by atoms with E-state index < -0.39 is 5.97 Å². The van der Waals surface area contributed by atoms with E-state index in [1.54, 1.807) is 36.4 Å². The molecule has 0 radical (unpaired) electrons. The van der Waals surface area contributed by atoms with E-state index in [2.05, 4.69) is 15.6 Å². The molecule has 0 atom stereocenters. The second-order valence-electron chi connectivity index (χ2n) is 6.53. The number of nitrogens with zero attached hydrogens (tertiary/aromatic N) is 1. The first-order valence-electron chi connectivity index (χ1n) is 8.53. The molecule has 2 saturated carbocycles. The van der Waals surface area contributed by atoms with Crippen LogP contribution >= 0.6 is 0 Å². The van der Waals surface area contributed by atoms with Crippen molar-refractivity contribution in [1.29, 1.82) is 0 Å². The lowest BCUT2D eigenvalue weighted by Crippen LogP contribution is -2.13. The average Bonchev–Trinajstić information content (AvgIpc) is 3.51. The van der Waals surface area contributed by atoms with E-state index in [9.17, 15) is 9.59 Å². The Morgan fingerprint density at radius 1 is 1.00 bits per heavy atom. The molecular formula is C19H19N3O3. The lowest BCUT2D eigenvalue weighted by Gasteiger charge is -2.08. The summed E-state index contributed by atoms with van der Waals surface area (Å²) in [6.07, 6.45) is 5.78. The average molecular weight is 337 g/mol. The van der Waals surface area contributed by atoms with Crippen molar-refractivity contribution in [3.8, 4) is 5.75 Å². The van der Waals surface area contributed by atoms with Crippen LogP contribution in [-0.2, 0) is 4.79 Å². The van der Waals surface area contributed by atoms with Gasteiger partial charge in [0.2, 0.25) is 5.91 Å². The van der Waals surface area contributed by atoms with Gasteiger partial charge in [-0.15, -0.1) is 0 Å². The second-order valence-corrected chi connectivity index (χ2v) is 6.53. The van der Waals surface area contributed by atoms with E-state index in [4.69, 9.17) is 4.74 Å². The lowest BCUT2D eigenvalue weighted by molar-refractivity contribution is -0.117. The first kappa shape index (κ1) is 15.6. The molecule has 2 N–H and O–H groups in total. The highest BCUT2D eigenvalue weighted by atomic mass is 16.5. The first-order valence-corrected chi connectivity index (χ1v) is 8.53. The Kier molecular flexibility index (Phi) is 4.09. The smallest absolute Gasteiger partial charge is 0.345 e. The van der Waals surface area contributed by atoms with E-state index >= 15 is 0 Å². The van der Waals surface area contributed by atoms with Crippen molar-refractivity contribution in [2.45, 2.75) is 31.7 Å². The van der Waals surface area contributed by atoms with Crippen molar-refractivity contribution in [2.24, 2.45) is 5.92 Å². The Bertz CT molecular complexity index is 779. The number of ether oxygens (including phenoxy) is 1. The Morgan fingerprint density at radius 2 is 1.76 bits per heavy atom. The van der Waals surface area contributed by atoms with E-state index in [1.165, 1.54) is 19.0 Å². The minimum Gasteiger partial charge on any atom is -0.423 e. The van der Waals surface area contributed by atoms with Crippen LogP contribution in [0.15, 0.2) is 42.6 Å². The third kappa shape index (κ3) is 4.15. The van der Waals surface area contributed by atoms with Gasteiger partial charge in [-0.3, -0.25) is 4.79 Å². The number of rotatable bonds is 6. The van der Waals surface area contributed by atoms with Crippen molar-refractivity contribution in [1.82, 2.24) is 4.98 Å². The maximum absolute atomic E-state index is 12.2. The maximum atomic E-state index is 12.2. The van der Waals surface area contributed by atoms with Gasteiger partial charge in [-0.05, 0) is 62.1 Å². The third-order valence-electron chi connectivity index (χ3n) is 4.21. The zero-order valence-electron chi connectivity index (χ0n) is 13.7. The number of hydrogen-bond donors (Lipinski definition) is 2. The van der Waals surface area contributed by atoms with Crippen LogP contribution in [0.25, 0.3) is 0 Å². The molecule has 128 valence electrons. The van der Waals surface area contributed by atoms with E-state index in [0.29, 0.717) is 23.0 Å². The predicted octanol–water partition coefficient (Wildman–Crippen LogP) is 3.22. The van der Waals surface area contributed by atoms with Gasteiger partial charge in [0, 0.05) is 23.8 Å². The standard InChI is InChI=1S/C19H19N3O3/c23-18(12-1-2-12)22-15-6-8-16(9-7-15)25-19(24)13-3-10-17(20-11-13)21-14-4-5-14/h3,6-12,14H,1-2,4-5H2,(H,20,21)(H,22,23). The molecular weight excluding hydrogens is 318 g/mol. The quantitative estimate of drug-likeness (QED) is 0.625. The maximum Gasteiger partial charge on any atom is 0.345 e. The Balaban J connectivity index is 1.34. The molecule has 2 aromatic rings. The van der Waals surface area contributed by atoms with Gasteiger partial charge in [0.1, 0.15) is 11.6 Å². The molecule has 0 saturated heterocycles. The van der Waals surface area contributed by atoms with Crippen LogP contribution in [0.1, 0.15) is 36.0 Å². The summed E-state index contributed by atoms with van der Waals surface area (Å²) in [5.74, 6) is 0.947. The topological polar surface area (TPSA) is 80.3 Å².